The maximum absolute atomic E-state index is 13.2. The van der Waals surface area contributed by atoms with Gasteiger partial charge in [0.15, 0.2) is 11.7 Å². The molecule has 0 bridgehead atoms. The van der Waals surface area contributed by atoms with Crippen LogP contribution >= 0.6 is 0 Å². The second-order valence-corrected chi connectivity index (χ2v) is 7.92. The Kier molecular flexibility index (Phi) is 6.67. The molecule has 1 aromatic heterocycles. The highest BCUT2D eigenvalue weighted by molar-refractivity contribution is 5.75. The monoisotopic (exact) mass is 474 g/mol. The molecule has 10 heteroatoms. The van der Waals surface area contributed by atoms with E-state index in [0.717, 1.165) is 17.3 Å². The third kappa shape index (κ3) is 5.11. The number of piperazine rings is 1. The van der Waals surface area contributed by atoms with Crippen molar-refractivity contribution in [2.75, 3.05) is 38.2 Å². The Bertz CT molecular complexity index is 1150. The molecule has 1 fully saturated rings. The van der Waals surface area contributed by atoms with E-state index in [1.165, 1.54) is 18.2 Å². The van der Waals surface area contributed by atoms with Gasteiger partial charge in [0.2, 0.25) is 0 Å². The minimum atomic E-state index is -4.46. The normalized spacial score (nSPS) is 14.3. The summed E-state index contributed by atoms with van der Waals surface area (Å²) in [6.07, 6.45) is -2.81. The minimum absolute atomic E-state index is 0.0381. The van der Waals surface area contributed by atoms with E-state index in [0.29, 0.717) is 43.6 Å². The zero-order valence-electron chi connectivity index (χ0n) is 18.9. The SMILES string of the molecule is COc1cc(N2CCN(C(=O)NCc3ccccc3C(F)(F)F)CC2)ccc1-c1cnc(C)o1. The molecule has 0 unspecified atom stereocenters. The van der Waals surface area contributed by atoms with Gasteiger partial charge in [0, 0.05) is 51.4 Å². The van der Waals surface area contributed by atoms with Gasteiger partial charge in [-0.3, -0.25) is 0 Å². The van der Waals surface area contributed by atoms with Crippen LogP contribution < -0.4 is 15.0 Å². The standard InChI is InChI=1S/C24H25F3N4O3/c1-16-28-15-22(34-16)19-8-7-18(13-21(19)33-2)30-9-11-31(12-10-30)23(32)29-14-17-5-3-4-6-20(17)24(25,26)27/h3-8,13,15H,9-12,14H2,1-2H3,(H,29,32). The molecule has 3 aromatic rings. The fraction of sp³-hybridized carbons (Fsp3) is 0.333. The number of aromatic nitrogens is 1. The molecule has 7 nitrogen and oxygen atoms in total. The fourth-order valence-electron chi connectivity index (χ4n) is 3.97. The Hall–Kier alpha value is -3.69. The van der Waals surface area contributed by atoms with Crippen molar-refractivity contribution in [2.45, 2.75) is 19.6 Å². The van der Waals surface area contributed by atoms with Crippen molar-refractivity contribution in [2.24, 2.45) is 0 Å². The molecule has 2 aromatic carbocycles. The molecule has 0 saturated carbocycles. The lowest BCUT2D eigenvalue weighted by Gasteiger charge is -2.36. The van der Waals surface area contributed by atoms with Gasteiger partial charge in [-0.2, -0.15) is 13.2 Å². The molecule has 0 spiro atoms. The van der Waals surface area contributed by atoms with Crippen LogP contribution in [0, 0.1) is 6.92 Å². The zero-order chi connectivity index (χ0) is 24.3. The summed E-state index contributed by atoms with van der Waals surface area (Å²) < 4.78 is 50.6. The number of carbonyl (C=O) groups is 1. The molecule has 34 heavy (non-hydrogen) atoms. The van der Waals surface area contributed by atoms with Crippen LogP contribution in [0.5, 0.6) is 5.75 Å². The van der Waals surface area contributed by atoms with Crippen molar-refractivity contribution in [3.63, 3.8) is 0 Å². The molecule has 1 aliphatic rings. The number of aryl methyl sites for hydroxylation is 1. The highest BCUT2D eigenvalue weighted by Gasteiger charge is 2.33. The van der Waals surface area contributed by atoms with Gasteiger partial charge in [-0.05, 0) is 23.8 Å². The average molecular weight is 474 g/mol. The number of methoxy groups -OCH3 is 1. The van der Waals surface area contributed by atoms with Gasteiger partial charge in [0.1, 0.15) is 5.75 Å². The summed E-state index contributed by atoms with van der Waals surface area (Å²) in [4.78, 5) is 20.4. The number of hydrogen-bond donors (Lipinski definition) is 1. The van der Waals surface area contributed by atoms with Gasteiger partial charge >= 0.3 is 12.2 Å². The summed E-state index contributed by atoms with van der Waals surface area (Å²) in [6.45, 7) is 3.63. The van der Waals surface area contributed by atoms with Crippen molar-refractivity contribution >= 4 is 11.7 Å². The first kappa shape index (κ1) is 23.5. The highest BCUT2D eigenvalue weighted by Crippen LogP contribution is 2.34. The van der Waals surface area contributed by atoms with Crippen LogP contribution in [-0.4, -0.2) is 49.2 Å². The largest absolute Gasteiger partial charge is 0.496 e. The third-order valence-electron chi connectivity index (χ3n) is 5.76. The summed E-state index contributed by atoms with van der Waals surface area (Å²) in [7, 11) is 1.59. The van der Waals surface area contributed by atoms with Crippen LogP contribution in [0.4, 0.5) is 23.7 Å². The molecule has 2 heterocycles. The molecule has 4 rings (SSSR count). The molecule has 1 aliphatic heterocycles. The molecular formula is C24H25F3N4O3. The Labute approximate surface area is 195 Å². The molecule has 1 saturated heterocycles. The van der Waals surface area contributed by atoms with Crippen molar-refractivity contribution in [3.8, 4) is 17.1 Å². The lowest BCUT2D eigenvalue weighted by Crippen LogP contribution is -2.51. The Morgan fingerprint density at radius 2 is 1.88 bits per heavy atom. The molecule has 0 atom stereocenters. The number of amides is 2. The molecule has 180 valence electrons. The first-order valence-electron chi connectivity index (χ1n) is 10.8. The fourth-order valence-corrected chi connectivity index (χ4v) is 3.97. The van der Waals surface area contributed by atoms with E-state index < -0.39 is 11.7 Å². The highest BCUT2D eigenvalue weighted by atomic mass is 19.4. The number of halogens is 3. The van der Waals surface area contributed by atoms with E-state index in [9.17, 15) is 18.0 Å². The third-order valence-corrected chi connectivity index (χ3v) is 5.76. The lowest BCUT2D eigenvalue weighted by molar-refractivity contribution is -0.138. The molecular weight excluding hydrogens is 449 g/mol. The first-order chi connectivity index (χ1) is 16.3. The van der Waals surface area contributed by atoms with Crippen molar-refractivity contribution < 1.29 is 27.1 Å². The van der Waals surface area contributed by atoms with E-state index in [1.54, 1.807) is 25.1 Å². The van der Waals surface area contributed by atoms with Gasteiger partial charge in [-0.1, -0.05) is 18.2 Å². The average Bonchev–Trinajstić information content (AvgIpc) is 3.27. The second-order valence-electron chi connectivity index (χ2n) is 7.92. The molecule has 1 N–H and O–H groups in total. The van der Waals surface area contributed by atoms with Crippen LogP contribution in [0.3, 0.4) is 0 Å². The predicted molar refractivity (Wildman–Crippen MR) is 121 cm³/mol. The summed E-state index contributed by atoms with van der Waals surface area (Å²) in [5, 5.41) is 2.61. The number of rotatable bonds is 5. The van der Waals surface area contributed by atoms with Gasteiger partial charge in [-0.25, -0.2) is 9.78 Å². The Morgan fingerprint density at radius 1 is 1.15 bits per heavy atom. The van der Waals surface area contributed by atoms with Gasteiger partial charge in [-0.15, -0.1) is 0 Å². The van der Waals surface area contributed by atoms with Crippen LogP contribution in [-0.2, 0) is 12.7 Å². The number of benzene rings is 2. The number of ether oxygens (including phenoxy) is 1. The van der Waals surface area contributed by atoms with E-state index in [1.807, 2.05) is 18.2 Å². The van der Waals surface area contributed by atoms with Gasteiger partial charge in [0.25, 0.3) is 0 Å². The zero-order valence-corrected chi connectivity index (χ0v) is 18.9. The lowest BCUT2D eigenvalue weighted by atomic mass is 10.1. The summed E-state index contributed by atoms with van der Waals surface area (Å²) >= 11 is 0. The maximum Gasteiger partial charge on any atom is 0.416 e. The number of urea groups is 1. The minimum Gasteiger partial charge on any atom is -0.496 e. The Morgan fingerprint density at radius 3 is 2.53 bits per heavy atom. The smallest absolute Gasteiger partial charge is 0.416 e. The summed E-state index contributed by atoms with van der Waals surface area (Å²) in [6, 6.07) is 10.6. The molecule has 0 aliphatic carbocycles. The Balaban J connectivity index is 1.36. The van der Waals surface area contributed by atoms with Crippen LogP contribution in [0.1, 0.15) is 17.0 Å². The maximum atomic E-state index is 13.2. The van der Waals surface area contributed by atoms with E-state index in [-0.39, 0.29) is 18.1 Å². The predicted octanol–water partition coefficient (Wildman–Crippen LogP) is 4.71. The van der Waals surface area contributed by atoms with E-state index >= 15 is 0 Å². The number of nitrogens with one attached hydrogen (secondary N) is 1. The summed E-state index contributed by atoms with van der Waals surface area (Å²) in [5.41, 5.74) is 1.04. The summed E-state index contributed by atoms with van der Waals surface area (Å²) in [5.74, 6) is 1.84. The number of alkyl halides is 3. The number of anilines is 1. The van der Waals surface area contributed by atoms with E-state index in [4.69, 9.17) is 9.15 Å². The first-order valence-corrected chi connectivity index (χ1v) is 10.8. The second kappa shape index (κ2) is 9.66. The molecule has 2 amide bonds. The number of nitrogens with zero attached hydrogens (tertiary/aromatic N) is 3. The van der Waals surface area contributed by atoms with Crippen LogP contribution in [0.2, 0.25) is 0 Å². The number of oxazole rings is 1. The van der Waals surface area contributed by atoms with Crippen molar-refractivity contribution in [1.82, 2.24) is 15.2 Å². The van der Waals surface area contributed by atoms with Gasteiger partial charge < -0.3 is 24.3 Å². The quantitative estimate of drug-likeness (QED) is 0.580. The van der Waals surface area contributed by atoms with Crippen LogP contribution in [0.25, 0.3) is 11.3 Å². The number of carbonyl (C=O) groups excluding carboxylic acids is 1. The van der Waals surface area contributed by atoms with Crippen molar-refractivity contribution in [3.05, 3.63) is 65.7 Å². The van der Waals surface area contributed by atoms with Gasteiger partial charge in [0.05, 0.1) is 24.4 Å². The number of hydrogen-bond acceptors (Lipinski definition) is 5. The van der Waals surface area contributed by atoms with Crippen molar-refractivity contribution in [1.29, 1.82) is 0 Å². The van der Waals surface area contributed by atoms with E-state index in [2.05, 4.69) is 15.2 Å². The van der Waals surface area contributed by atoms with Crippen LogP contribution in [0.15, 0.2) is 53.1 Å². The molecule has 0 radical (unpaired) electrons. The topological polar surface area (TPSA) is 70.8 Å².